The molecule has 14 heavy (non-hydrogen) atoms. The summed E-state index contributed by atoms with van der Waals surface area (Å²) >= 11 is 2.11. The van der Waals surface area contributed by atoms with E-state index in [1.807, 2.05) is 0 Å². The van der Waals surface area contributed by atoms with Gasteiger partial charge in [0.1, 0.15) is 0 Å². The van der Waals surface area contributed by atoms with Crippen LogP contribution in [0.25, 0.3) is 0 Å². The third-order valence-corrected chi connectivity index (χ3v) is 5.05. The molecule has 0 saturated carbocycles. The van der Waals surface area contributed by atoms with Crippen molar-refractivity contribution in [2.24, 2.45) is 0 Å². The topological polar surface area (TPSA) is 21.3 Å². The van der Waals surface area contributed by atoms with E-state index in [0.29, 0.717) is 4.87 Å². The molecule has 2 fully saturated rings. The Balaban J connectivity index is 2.04. The molecular weight excluding hydrogens is 194 g/mol. The van der Waals surface area contributed by atoms with Crippen LogP contribution >= 0.6 is 11.8 Å². The van der Waals surface area contributed by atoms with Crippen LogP contribution < -0.4 is 5.32 Å². The van der Waals surface area contributed by atoms with Crippen LogP contribution in [0, 0.1) is 0 Å². The molecule has 0 aliphatic carbocycles. The Morgan fingerprint density at radius 3 is 3.00 bits per heavy atom. The third-order valence-electron chi connectivity index (χ3n) is 3.51. The summed E-state index contributed by atoms with van der Waals surface area (Å²) in [6.07, 6.45) is 4.78. The molecular formula is C11H21NOS. The van der Waals surface area contributed by atoms with Crippen LogP contribution in [0.2, 0.25) is 0 Å². The lowest BCUT2D eigenvalue weighted by molar-refractivity contribution is -0.0843. The average molecular weight is 215 g/mol. The summed E-state index contributed by atoms with van der Waals surface area (Å²) in [5, 5.41) is 3.71. The van der Waals surface area contributed by atoms with Crippen molar-refractivity contribution in [3.8, 4) is 0 Å². The second-order valence-electron chi connectivity index (χ2n) is 4.70. The second kappa shape index (κ2) is 4.03. The van der Waals surface area contributed by atoms with Crippen LogP contribution in [-0.4, -0.2) is 29.4 Å². The highest BCUT2D eigenvalue weighted by atomic mass is 32.2. The number of rotatable bonds is 1. The smallest absolute Gasteiger partial charge is 0.0694 e. The molecule has 2 saturated heterocycles. The van der Waals surface area contributed by atoms with Crippen LogP contribution in [0.4, 0.5) is 0 Å². The predicted molar refractivity (Wildman–Crippen MR) is 61.7 cm³/mol. The normalized spacial score (nSPS) is 44.1. The summed E-state index contributed by atoms with van der Waals surface area (Å²) in [7, 11) is 0. The van der Waals surface area contributed by atoms with E-state index in [0.717, 1.165) is 13.0 Å². The maximum Gasteiger partial charge on any atom is 0.0694 e. The van der Waals surface area contributed by atoms with Gasteiger partial charge in [-0.05, 0) is 38.5 Å². The first-order valence-electron chi connectivity index (χ1n) is 5.71. The van der Waals surface area contributed by atoms with Crippen LogP contribution in [0.3, 0.4) is 0 Å². The number of hydrogen-bond acceptors (Lipinski definition) is 3. The van der Waals surface area contributed by atoms with Gasteiger partial charge in [0, 0.05) is 13.0 Å². The van der Waals surface area contributed by atoms with Gasteiger partial charge in [-0.1, -0.05) is 6.92 Å². The van der Waals surface area contributed by atoms with Crippen molar-refractivity contribution in [3.63, 3.8) is 0 Å². The monoisotopic (exact) mass is 215 g/mol. The van der Waals surface area contributed by atoms with E-state index < -0.39 is 0 Å². The molecule has 2 nitrogen and oxygen atoms in total. The molecule has 0 aromatic rings. The zero-order chi connectivity index (χ0) is 10.1. The predicted octanol–water partition coefficient (Wildman–Crippen LogP) is 2.39. The van der Waals surface area contributed by atoms with E-state index in [2.05, 4.69) is 30.9 Å². The SMILES string of the molecule is CCC1(C)CC2(CCO1)NCCCS2. The minimum Gasteiger partial charge on any atom is -0.375 e. The molecule has 0 aromatic heterocycles. The van der Waals surface area contributed by atoms with Gasteiger partial charge in [0.05, 0.1) is 10.5 Å². The molecule has 0 radical (unpaired) electrons. The van der Waals surface area contributed by atoms with Crippen molar-refractivity contribution in [1.82, 2.24) is 5.32 Å². The number of hydrogen-bond donors (Lipinski definition) is 1. The van der Waals surface area contributed by atoms with Crippen molar-refractivity contribution >= 4 is 11.8 Å². The van der Waals surface area contributed by atoms with Gasteiger partial charge < -0.3 is 10.1 Å². The summed E-state index contributed by atoms with van der Waals surface area (Å²) < 4.78 is 5.89. The van der Waals surface area contributed by atoms with E-state index in [4.69, 9.17) is 4.74 Å². The molecule has 0 bridgehead atoms. The Morgan fingerprint density at radius 2 is 2.36 bits per heavy atom. The average Bonchev–Trinajstić information content (AvgIpc) is 2.19. The van der Waals surface area contributed by atoms with Crippen molar-refractivity contribution in [3.05, 3.63) is 0 Å². The van der Waals surface area contributed by atoms with E-state index in [1.54, 1.807) is 0 Å². The van der Waals surface area contributed by atoms with Gasteiger partial charge in [-0.2, -0.15) is 0 Å². The molecule has 2 atom stereocenters. The molecule has 2 aliphatic heterocycles. The van der Waals surface area contributed by atoms with Crippen molar-refractivity contribution in [1.29, 1.82) is 0 Å². The lowest BCUT2D eigenvalue weighted by Crippen LogP contribution is -2.55. The zero-order valence-electron chi connectivity index (χ0n) is 9.27. The van der Waals surface area contributed by atoms with Gasteiger partial charge in [-0.3, -0.25) is 0 Å². The second-order valence-corrected chi connectivity index (χ2v) is 6.18. The van der Waals surface area contributed by atoms with E-state index in [-0.39, 0.29) is 5.60 Å². The lowest BCUT2D eigenvalue weighted by Gasteiger charge is -2.48. The van der Waals surface area contributed by atoms with Crippen LogP contribution in [-0.2, 0) is 4.74 Å². The number of ether oxygens (including phenoxy) is 1. The summed E-state index contributed by atoms with van der Waals surface area (Å²) in [5.41, 5.74) is 0.107. The van der Waals surface area contributed by atoms with Gasteiger partial charge in [0.15, 0.2) is 0 Å². The van der Waals surface area contributed by atoms with Crippen molar-refractivity contribution in [2.45, 2.75) is 50.0 Å². The van der Waals surface area contributed by atoms with Crippen LogP contribution in [0.1, 0.15) is 39.5 Å². The van der Waals surface area contributed by atoms with E-state index in [9.17, 15) is 0 Å². The molecule has 1 N–H and O–H groups in total. The summed E-state index contributed by atoms with van der Waals surface area (Å²) in [4.78, 5) is 0.335. The summed E-state index contributed by atoms with van der Waals surface area (Å²) in [5.74, 6) is 1.31. The fourth-order valence-electron chi connectivity index (χ4n) is 2.41. The first-order valence-corrected chi connectivity index (χ1v) is 6.70. The Bertz CT molecular complexity index is 198. The highest BCUT2D eigenvalue weighted by molar-refractivity contribution is 8.00. The van der Waals surface area contributed by atoms with Crippen molar-refractivity contribution < 1.29 is 4.74 Å². The van der Waals surface area contributed by atoms with E-state index in [1.165, 1.54) is 31.6 Å². The minimum absolute atomic E-state index is 0.107. The van der Waals surface area contributed by atoms with Gasteiger partial charge in [0.2, 0.25) is 0 Å². The standard InChI is InChI=1S/C11H21NOS/c1-3-10(2)9-11(5-7-13-10)12-6-4-8-14-11/h12H,3-9H2,1-2H3. The first-order chi connectivity index (χ1) is 6.68. The molecule has 1 spiro atoms. The van der Waals surface area contributed by atoms with Crippen LogP contribution in [0.5, 0.6) is 0 Å². The molecule has 2 aliphatic rings. The minimum atomic E-state index is 0.107. The fraction of sp³-hybridized carbons (Fsp3) is 1.00. The molecule has 0 aromatic carbocycles. The van der Waals surface area contributed by atoms with Gasteiger partial charge >= 0.3 is 0 Å². The summed E-state index contributed by atoms with van der Waals surface area (Å²) in [6.45, 7) is 6.59. The highest BCUT2D eigenvalue weighted by Crippen LogP contribution is 2.42. The summed E-state index contributed by atoms with van der Waals surface area (Å²) in [6, 6.07) is 0. The molecule has 2 heterocycles. The Morgan fingerprint density at radius 1 is 1.50 bits per heavy atom. The largest absolute Gasteiger partial charge is 0.375 e. The molecule has 2 unspecified atom stereocenters. The van der Waals surface area contributed by atoms with E-state index >= 15 is 0 Å². The lowest BCUT2D eigenvalue weighted by atomic mass is 9.89. The molecule has 2 rings (SSSR count). The fourth-order valence-corrected chi connectivity index (χ4v) is 3.93. The highest BCUT2D eigenvalue weighted by Gasteiger charge is 2.43. The quantitative estimate of drug-likeness (QED) is 0.725. The van der Waals surface area contributed by atoms with Crippen molar-refractivity contribution in [2.75, 3.05) is 18.9 Å². The van der Waals surface area contributed by atoms with Gasteiger partial charge in [-0.25, -0.2) is 0 Å². The van der Waals surface area contributed by atoms with Gasteiger partial charge in [-0.15, -0.1) is 11.8 Å². The molecule has 0 amide bonds. The number of nitrogens with one attached hydrogen (secondary N) is 1. The Hall–Kier alpha value is 0.270. The maximum absolute atomic E-state index is 5.89. The van der Waals surface area contributed by atoms with Crippen LogP contribution in [0.15, 0.2) is 0 Å². The Kier molecular flexibility index (Phi) is 3.10. The third kappa shape index (κ3) is 2.10. The number of thioether (sulfide) groups is 1. The Labute approximate surface area is 91.2 Å². The molecule has 3 heteroatoms. The maximum atomic E-state index is 5.89. The zero-order valence-corrected chi connectivity index (χ0v) is 10.1. The first kappa shape index (κ1) is 10.8. The molecule has 82 valence electrons. The van der Waals surface area contributed by atoms with Gasteiger partial charge in [0.25, 0.3) is 0 Å².